The number of aliphatic hydroxyl groups excluding tert-OH is 1. The van der Waals surface area contributed by atoms with E-state index in [1.165, 1.54) is 0 Å². The van der Waals surface area contributed by atoms with Crippen LogP contribution < -0.4 is 0 Å². The van der Waals surface area contributed by atoms with Gasteiger partial charge in [0.15, 0.2) is 0 Å². The highest BCUT2D eigenvalue weighted by molar-refractivity contribution is 7.22. The third-order valence-corrected chi connectivity index (χ3v) is 5.48. The zero-order valence-corrected chi connectivity index (χ0v) is 14.1. The average molecular weight is 348 g/mol. The highest BCUT2D eigenvalue weighted by atomic mass is 32.1. The van der Waals surface area contributed by atoms with E-state index in [1.807, 2.05) is 36.4 Å². The number of phenolic OH excluding ortho intramolecular Hbond substituents is 2. The Labute approximate surface area is 149 Å². The first kappa shape index (κ1) is 15.7. The second-order valence-electron chi connectivity index (χ2n) is 5.88. The molecule has 4 aromatic rings. The number of benzene rings is 3. The fourth-order valence-electron chi connectivity index (χ4n) is 2.99. The van der Waals surface area contributed by atoms with E-state index >= 15 is 0 Å². The van der Waals surface area contributed by atoms with E-state index in [2.05, 4.69) is 0 Å². The van der Waals surface area contributed by atoms with Crippen molar-refractivity contribution in [2.24, 2.45) is 0 Å². The molecule has 4 rings (SSSR count). The van der Waals surface area contributed by atoms with E-state index in [0.29, 0.717) is 0 Å². The normalized spacial score (nSPS) is 12.4. The van der Waals surface area contributed by atoms with Crippen LogP contribution in [0.1, 0.15) is 17.2 Å². The maximum Gasteiger partial charge on any atom is 0.115 e. The van der Waals surface area contributed by atoms with E-state index in [9.17, 15) is 15.3 Å². The number of thiophene rings is 1. The highest BCUT2D eigenvalue weighted by Crippen LogP contribution is 2.43. The molecule has 4 heteroatoms. The Morgan fingerprint density at radius 3 is 2.00 bits per heavy atom. The van der Waals surface area contributed by atoms with Crippen LogP contribution in [0.25, 0.3) is 20.5 Å². The van der Waals surface area contributed by atoms with Crippen molar-refractivity contribution in [2.75, 3.05) is 0 Å². The molecule has 0 radical (unpaired) electrons. The molecule has 3 aromatic carbocycles. The Hall–Kier alpha value is -2.82. The topological polar surface area (TPSA) is 60.7 Å². The largest absolute Gasteiger partial charge is 0.508 e. The molecule has 1 atom stereocenters. The van der Waals surface area contributed by atoms with Gasteiger partial charge in [-0.2, -0.15) is 0 Å². The Balaban J connectivity index is 1.92. The van der Waals surface area contributed by atoms with Gasteiger partial charge >= 0.3 is 0 Å². The highest BCUT2D eigenvalue weighted by Gasteiger charge is 2.21. The van der Waals surface area contributed by atoms with Crippen LogP contribution in [0.2, 0.25) is 0 Å². The van der Waals surface area contributed by atoms with Crippen LogP contribution in [0, 0.1) is 0 Å². The summed E-state index contributed by atoms with van der Waals surface area (Å²) in [6, 6.07) is 21.6. The van der Waals surface area contributed by atoms with Crippen molar-refractivity contribution in [2.45, 2.75) is 6.10 Å². The van der Waals surface area contributed by atoms with Gasteiger partial charge in [0.25, 0.3) is 0 Å². The van der Waals surface area contributed by atoms with E-state index < -0.39 is 6.10 Å². The second-order valence-corrected chi connectivity index (χ2v) is 6.93. The summed E-state index contributed by atoms with van der Waals surface area (Å²) in [4.78, 5) is 0.974. The molecule has 124 valence electrons. The van der Waals surface area contributed by atoms with Crippen molar-refractivity contribution in [1.29, 1.82) is 0 Å². The molecule has 3 N–H and O–H groups in total. The molecule has 0 aliphatic carbocycles. The molecule has 25 heavy (non-hydrogen) atoms. The number of aliphatic hydroxyl groups is 1. The molecular formula is C21H16O3S. The SMILES string of the molecule is Oc1ccc(-c2sc3ccccc3c2C(O)c2ccc(O)cc2)cc1. The standard InChI is InChI=1S/C21H16O3S/c22-15-9-5-13(6-10-15)20(24)19-17-3-1-2-4-18(17)25-21(19)14-7-11-16(23)12-8-14/h1-12,20,22-24H. The van der Waals surface area contributed by atoms with Gasteiger partial charge in [-0.15, -0.1) is 11.3 Å². The third-order valence-electron chi connectivity index (χ3n) is 4.25. The summed E-state index contributed by atoms with van der Waals surface area (Å²) in [5.41, 5.74) is 2.52. The van der Waals surface area contributed by atoms with Crippen LogP contribution >= 0.6 is 11.3 Å². The molecule has 0 aliphatic rings. The number of phenols is 2. The molecule has 0 fully saturated rings. The Kier molecular flexibility index (Phi) is 3.92. The van der Waals surface area contributed by atoms with Crippen molar-refractivity contribution in [3.05, 3.63) is 83.9 Å². The Morgan fingerprint density at radius 1 is 0.720 bits per heavy atom. The van der Waals surface area contributed by atoms with Crippen LogP contribution in [-0.2, 0) is 0 Å². The van der Waals surface area contributed by atoms with Gasteiger partial charge in [0.05, 0.1) is 0 Å². The third kappa shape index (κ3) is 2.86. The Bertz CT molecular complexity index is 1020. The van der Waals surface area contributed by atoms with E-state index in [4.69, 9.17) is 0 Å². The van der Waals surface area contributed by atoms with Crippen molar-refractivity contribution < 1.29 is 15.3 Å². The lowest BCUT2D eigenvalue weighted by molar-refractivity contribution is 0.222. The molecule has 3 nitrogen and oxygen atoms in total. The number of hydrogen-bond acceptors (Lipinski definition) is 4. The van der Waals surface area contributed by atoms with Crippen molar-refractivity contribution >= 4 is 21.4 Å². The molecule has 0 saturated heterocycles. The summed E-state index contributed by atoms with van der Waals surface area (Å²) < 4.78 is 1.10. The van der Waals surface area contributed by atoms with Gasteiger partial charge in [0, 0.05) is 15.1 Å². The monoisotopic (exact) mass is 348 g/mol. The van der Waals surface area contributed by atoms with Gasteiger partial charge in [-0.1, -0.05) is 30.3 Å². The minimum absolute atomic E-state index is 0.171. The molecular weight excluding hydrogens is 332 g/mol. The first-order valence-corrected chi connectivity index (χ1v) is 8.73. The summed E-state index contributed by atoms with van der Waals surface area (Å²) >= 11 is 1.62. The van der Waals surface area contributed by atoms with E-state index in [-0.39, 0.29) is 11.5 Å². The predicted octanol–water partition coefficient (Wildman–Crippen LogP) is 5.06. The first-order valence-electron chi connectivity index (χ1n) is 7.91. The van der Waals surface area contributed by atoms with Crippen LogP contribution in [0.4, 0.5) is 0 Å². The zero-order valence-electron chi connectivity index (χ0n) is 13.3. The molecule has 0 aliphatic heterocycles. The van der Waals surface area contributed by atoms with Gasteiger partial charge in [0.2, 0.25) is 0 Å². The van der Waals surface area contributed by atoms with Crippen LogP contribution in [-0.4, -0.2) is 15.3 Å². The smallest absolute Gasteiger partial charge is 0.115 e. The van der Waals surface area contributed by atoms with Crippen molar-refractivity contribution in [3.63, 3.8) is 0 Å². The molecule has 1 aromatic heterocycles. The quantitative estimate of drug-likeness (QED) is 0.485. The Morgan fingerprint density at radius 2 is 1.32 bits per heavy atom. The van der Waals surface area contributed by atoms with Crippen molar-refractivity contribution in [1.82, 2.24) is 0 Å². The van der Waals surface area contributed by atoms with Crippen LogP contribution in [0.15, 0.2) is 72.8 Å². The first-order chi connectivity index (χ1) is 12.1. The molecule has 1 unspecified atom stereocenters. The average Bonchev–Trinajstić information content (AvgIpc) is 3.02. The summed E-state index contributed by atoms with van der Waals surface area (Å²) in [6.45, 7) is 0. The number of fused-ring (bicyclic) bond motifs is 1. The van der Waals surface area contributed by atoms with Gasteiger partial charge in [-0.25, -0.2) is 0 Å². The zero-order chi connectivity index (χ0) is 17.4. The fourth-order valence-corrected chi connectivity index (χ4v) is 4.23. The lowest BCUT2D eigenvalue weighted by Gasteiger charge is -2.14. The molecule has 0 bridgehead atoms. The second kappa shape index (κ2) is 6.24. The minimum Gasteiger partial charge on any atom is -0.508 e. The predicted molar refractivity (Wildman–Crippen MR) is 101 cm³/mol. The minimum atomic E-state index is -0.805. The maximum atomic E-state index is 11.0. The van der Waals surface area contributed by atoms with Gasteiger partial charge in [-0.3, -0.25) is 0 Å². The fraction of sp³-hybridized carbons (Fsp3) is 0.0476. The van der Waals surface area contributed by atoms with E-state index in [1.54, 1.807) is 47.7 Å². The van der Waals surface area contributed by atoms with Crippen molar-refractivity contribution in [3.8, 4) is 21.9 Å². The maximum absolute atomic E-state index is 11.0. The molecule has 0 amide bonds. The number of hydrogen-bond donors (Lipinski definition) is 3. The summed E-state index contributed by atoms with van der Waals surface area (Å²) in [6.07, 6.45) is -0.805. The summed E-state index contributed by atoms with van der Waals surface area (Å²) in [7, 11) is 0. The van der Waals surface area contributed by atoms with Gasteiger partial charge < -0.3 is 15.3 Å². The molecule has 0 saturated carbocycles. The summed E-state index contributed by atoms with van der Waals surface area (Å²) in [5, 5.41) is 31.1. The number of rotatable bonds is 3. The van der Waals surface area contributed by atoms with Gasteiger partial charge in [0.1, 0.15) is 17.6 Å². The lowest BCUT2D eigenvalue weighted by atomic mass is 9.96. The molecule has 1 heterocycles. The van der Waals surface area contributed by atoms with E-state index in [0.717, 1.165) is 31.7 Å². The van der Waals surface area contributed by atoms with Crippen LogP contribution in [0.3, 0.4) is 0 Å². The summed E-state index contributed by atoms with van der Waals surface area (Å²) in [5.74, 6) is 0.385. The van der Waals surface area contributed by atoms with Crippen LogP contribution in [0.5, 0.6) is 11.5 Å². The van der Waals surface area contributed by atoms with Gasteiger partial charge in [-0.05, 0) is 59.0 Å². The number of aromatic hydroxyl groups is 2. The molecule has 0 spiro atoms. The lowest BCUT2D eigenvalue weighted by Crippen LogP contribution is -2.00.